The summed E-state index contributed by atoms with van der Waals surface area (Å²) >= 11 is 0. The van der Waals surface area contributed by atoms with E-state index in [1.165, 1.54) is 16.7 Å². The van der Waals surface area contributed by atoms with Crippen LogP contribution in [0.4, 0.5) is 5.82 Å². The first-order chi connectivity index (χ1) is 15.5. The molecule has 0 aliphatic carbocycles. The quantitative estimate of drug-likeness (QED) is 0.583. The van der Waals surface area contributed by atoms with Crippen molar-refractivity contribution in [3.05, 3.63) is 59.2 Å². The number of hydrogen-bond donors (Lipinski definition) is 0. The highest BCUT2D eigenvalue weighted by molar-refractivity contribution is 5.53. The van der Waals surface area contributed by atoms with E-state index in [-0.39, 0.29) is 0 Å². The number of nitrogens with zero attached hydrogens (tertiary/aromatic N) is 6. The van der Waals surface area contributed by atoms with Gasteiger partial charge in [0, 0.05) is 50.7 Å². The van der Waals surface area contributed by atoms with Gasteiger partial charge in [0.15, 0.2) is 5.82 Å². The fourth-order valence-corrected chi connectivity index (χ4v) is 4.29. The van der Waals surface area contributed by atoms with Gasteiger partial charge in [-0.1, -0.05) is 6.07 Å². The highest BCUT2D eigenvalue weighted by Crippen LogP contribution is 2.31. The number of hydrogen-bond acceptors (Lipinski definition) is 7. The molecule has 7 nitrogen and oxygen atoms in total. The number of likely N-dealkylation sites (tertiary alicyclic amines) is 1. The summed E-state index contributed by atoms with van der Waals surface area (Å²) in [6.07, 6.45) is 7.24. The topological polar surface area (TPSA) is 67.3 Å². The van der Waals surface area contributed by atoms with E-state index in [0.717, 1.165) is 49.7 Å². The Labute approximate surface area is 190 Å². The summed E-state index contributed by atoms with van der Waals surface area (Å²) in [5.74, 6) is 2.93. The first-order valence-corrected chi connectivity index (χ1v) is 11.1. The number of anilines is 1. The summed E-state index contributed by atoms with van der Waals surface area (Å²) in [7, 11) is 5.75. The SMILES string of the molecule is COc1ccc(CN2CCC(c3cc(N(C)C)nc(-c4cnccn4)n3)CC2)c(C)c1C. The zero-order valence-corrected chi connectivity index (χ0v) is 19.7. The Balaban J connectivity index is 1.48. The zero-order valence-electron chi connectivity index (χ0n) is 19.7. The Bertz CT molecular complexity index is 1060. The molecule has 2 aromatic heterocycles. The molecule has 1 aliphatic heterocycles. The number of rotatable bonds is 6. The Kier molecular flexibility index (Phi) is 6.65. The molecule has 32 heavy (non-hydrogen) atoms. The van der Waals surface area contributed by atoms with E-state index < -0.39 is 0 Å². The van der Waals surface area contributed by atoms with Crippen molar-refractivity contribution in [1.29, 1.82) is 0 Å². The van der Waals surface area contributed by atoms with Crippen LogP contribution in [0.1, 0.15) is 41.1 Å². The first-order valence-electron chi connectivity index (χ1n) is 11.1. The zero-order chi connectivity index (χ0) is 22.7. The van der Waals surface area contributed by atoms with Gasteiger partial charge in [-0.05, 0) is 62.5 Å². The van der Waals surface area contributed by atoms with Crippen LogP contribution in [0, 0.1) is 13.8 Å². The monoisotopic (exact) mass is 432 g/mol. The van der Waals surface area contributed by atoms with E-state index in [9.17, 15) is 0 Å². The van der Waals surface area contributed by atoms with Crippen molar-refractivity contribution in [2.45, 2.75) is 39.2 Å². The molecule has 1 saturated heterocycles. The molecule has 0 radical (unpaired) electrons. The highest BCUT2D eigenvalue weighted by Gasteiger charge is 2.24. The Morgan fingerprint density at radius 2 is 1.84 bits per heavy atom. The molecular formula is C25H32N6O. The van der Waals surface area contributed by atoms with Crippen LogP contribution in [0.5, 0.6) is 5.75 Å². The number of ether oxygens (including phenoxy) is 1. The number of benzene rings is 1. The molecule has 1 aliphatic rings. The lowest BCUT2D eigenvalue weighted by Crippen LogP contribution is -2.33. The number of methoxy groups -OCH3 is 1. The lowest BCUT2D eigenvalue weighted by atomic mass is 9.92. The van der Waals surface area contributed by atoms with E-state index >= 15 is 0 Å². The summed E-state index contributed by atoms with van der Waals surface area (Å²) in [5, 5.41) is 0. The molecule has 0 N–H and O–H groups in total. The van der Waals surface area contributed by atoms with Crippen LogP contribution in [-0.4, -0.2) is 59.1 Å². The van der Waals surface area contributed by atoms with Crippen molar-refractivity contribution in [1.82, 2.24) is 24.8 Å². The maximum Gasteiger partial charge on any atom is 0.182 e. The molecule has 1 fully saturated rings. The molecule has 3 aromatic rings. The van der Waals surface area contributed by atoms with Gasteiger partial charge < -0.3 is 9.64 Å². The lowest BCUT2D eigenvalue weighted by molar-refractivity contribution is 0.203. The van der Waals surface area contributed by atoms with Crippen molar-refractivity contribution in [3.63, 3.8) is 0 Å². The largest absolute Gasteiger partial charge is 0.496 e. The van der Waals surface area contributed by atoms with Crippen LogP contribution in [0.3, 0.4) is 0 Å². The molecule has 168 valence electrons. The van der Waals surface area contributed by atoms with Crippen LogP contribution in [0.2, 0.25) is 0 Å². The van der Waals surface area contributed by atoms with Gasteiger partial charge in [-0.2, -0.15) is 0 Å². The average Bonchev–Trinajstić information content (AvgIpc) is 2.83. The van der Waals surface area contributed by atoms with Gasteiger partial charge in [0.05, 0.1) is 13.3 Å². The van der Waals surface area contributed by atoms with Gasteiger partial charge in [0.2, 0.25) is 0 Å². The van der Waals surface area contributed by atoms with Gasteiger partial charge in [0.1, 0.15) is 17.3 Å². The lowest BCUT2D eigenvalue weighted by Gasteiger charge is -2.32. The normalized spacial score (nSPS) is 15.0. The first kappa shape index (κ1) is 22.1. The molecular weight excluding hydrogens is 400 g/mol. The Hall–Kier alpha value is -3.06. The third-order valence-corrected chi connectivity index (χ3v) is 6.45. The van der Waals surface area contributed by atoms with Gasteiger partial charge in [-0.3, -0.25) is 9.88 Å². The second-order valence-corrected chi connectivity index (χ2v) is 8.69. The Morgan fingerprint density at radius 1 is 1.06 bits per heavy atom. The van der Waals surface area contributed by atoms with E-state index in [4.69, 9.17) is 14.7 Å². The maximum absolute atomic E-state index is 5.46. The van der Waals surface area contributed by atoms with Gasteiger partial charge in [-0.15, -0.1) is 0 Å². The molecule has 1 aromatic carbocycles. The summed E-state index contributed by atoms with van der Waals surface area (Å²) < 4.78 is 5.46. The fourth-order valence-electron chi connectivity index (χ4n) is 4.29. The summed E-state index contributed by atoms with van der Waals surface area (Å²) in [5.41, 5.74) is 5.74. The fraction of sp³-hybridized carbons (Fsp3) is 0.440. The molecule has 4 rings (SSSR count). The minimum atomic E-state index is 0.419. The molecule has 0 saturated carbocycles. The predicted octanol–water partition coefficient (Wildman–Crippen LogP) is 4.00. The molecule has 0 spiro atoms. The van der Waals surface area contributed by atoms with Crippen LogP contribution < -0.4 is 9.64 Å². The molecule has 0 bridgehead atoms. The third-order valence-electron chi connectivity index (χ3n) is 6.45. The van der Waals surface area contributed by atoms with Crippen molar-refractivity contribution in [3.8, 4) is 17.3 Å². The predicted molar refractivity (Wildman–Crippen MR) is 127 cm³/mol. The van der Waals surface area contributed by atoms with Crippen molar-refractivity contribution in [2.75, 3.05) is 39.2 Å². The number of piperidine rings is 1. The summed E-state index contributed by atoms with van der Waals surface area (Å²) in [6.45, 7) is 7.41. The minimum Gasteiger partial charge on any atom is -0.496 e. The van der Waals surface area contributed by atoms with E-state index in [2.05, 4.69) is 46.9 Å². The maximum atomic E-state index is 5.46. The molecule has 0 unspecified atom stereocenters. The molecule has 3 heterocycles. The summed E-state index contributed by atoms with van der Waals surface area (Å²) in [6, 6.07) is 6.41. The van der Waals surface area contributed by atoms with E-state index in [1.807, 2.05) is 19.0 Å². The molecule has 0 atom stereocenters. The van der Waals surface area contributed by atoms with E-state index in [1.54, 1.807) is 25.7 Å². The number of aromatic nitrogens is 4. The van der Waals surface area contributed by atoms with Crippen molar-refractivity contribution in [2.24, 2.45) is 0 Å². The smallest absolute Gasteiger partial charge is 0.182 e. The van der Waals surface area contributed by atoms with Gasteiger partial charge in [-0.25, -0.2) is 15.0 Å². The Morgan fingerprint density at radius 3 is 2.50 bits per heavy atom. The van der Waals surface area contributed by atoms with Crippen LogP contribution in [0.25, 0.3) is 11.5 Å². The molecule has 7 heteroatoms. The van der Waals surface area contributed by atoms with Crippen LogP contribution >= 0.6 is 0 Å². The standard InChI is InChI=1S/C25H32N6O/c1-17-18(2)23(32-5)7-6-20(17)16-31-12-8-19(9-13-31)21-14-24(30(3)4)29-25(28-21)22-15-26-10-11-27-22/h6-7,10-11,14-15,19H,8-9,12-13,16H2,1-5H3. The average molecular weight is 433 g/mol. The minimum absolute atomic E-state index is 0.419. The summed E-state index contributed by atoms with van der Waals surface area (Å²) in [4.78, 5) is 22.7. The molecule has 0 amide bonds. The second-order valence-electron chi connectivity index (χ2n) is 8.69. The third kappa shape index (κ3) is 4.72. The van der Waals surface area contributed by atoms with Gasteiger partial charge in [0.25, 0.3) is 0 Å². The van der Waals surface area contributed by atoms with Crippen LogP contribution in [0.15, 0.2) is 36.8 Å². The van der Waals surface area contributed by atoms with Crippen LogP contribution in [-0.2, 0) is 6.54 Å². The van der Waals surface area contributed by atoms with Gasteiger partial charge >= 0.3 is 0 Å². The van der Waals surface area contributed by atoms with Crippen molar-refractivity contribution >= 4 is 5.82 Å². The highest BCUT2D eigenvalue weighted by atomic mass is 16.5. The van der Waals surface area contributed by atoms with E-state index in [0.29, 0.717) is 17.4 Å². The van der Waals surface area contributed by atoms with Crippen molar-refractivity contribution < 1.29 is 4.74 Å². The second kappa shape index (κ2) is 9.61.